The predicted octanol–water partition coefficient (Wildman–Crippen LogP) is 2.47. The Balaban J connectivity index is 2.77. The lowest BCUT2D eigenvalue weighted by Crippen LogP contribution is -2.30. The van der Waals surface area contributed by atoms with Crippen LogP contribution in [0.15, 0.2) is 24.3 Å². The molecule has 0 aliphatic rings. The summed E-state index contributed by atoms with van der Waals surface area (Å²) in [4.78, 5) is 11.2. The van der Waals surface area contributed by atoms with Crippen LogP contribution in [-0.2, 0) is 10.2 Å². The van der Waals surface area contributed by atoms with Gasteiger partial charge < -0.3 is 0 Å². The number of carbonyl (C=O) groups is 1. The molecule has 1 atom stereocenters. The zero-order valence-corrected chi connectivity index (χ0v) is 11.1. The number of hydrazine groups is 1. The number of rotatable bonds is 3. The first-order chi connectivity index (χ1) is 7.84. The van der Waals surface area contributed by atoms with Crippen LogP contribution in [-0.4, -0.2) is 5.91 Å². The van der Waals surface area contributed by atoms with E-state index in [0.717, 1.165) is 0 Å². The Morgan fingerprint density at radius 1 is 1.29 bits per heavy atom. The molecule has 1 amide bonds. The zero-order chi connectivity index (χ0) is 13.1. The molecular weight excluding hydrogens is 212 g/mol. The lowest BCUT2D eigenvalue weighted by atomic mass is 9.85. The maximum absolute atomic E-state index is 11.2. The van der Waals surface area contributed by atoms with Crippen molar-refractivity contribution in [2.75, 3.05) is 0 Å². The highest BCUT2D eigenvalue weighted by molar-refractivity contribution is 5.76. The van der Waals surface area contributed by atoms with Crippen molar-refractivity contribution in [3.05, 3.63) is 35.4 Å². The number of hydrogen-bond donors (Lipinski definition) is 2. The van der Waals surface area contributed by atoms with Crippen molar-refractivity contribution in [2.24, 2.45) is 5.84 Å². The minimum absolute atomic E-state index is 0.127. The molecule has 1 aromatic carbocycles. The van der Waals surface area contributed by atoms with Gasteiger partial charge in [0.15, 0.2) is 0 Å². The van der Waals surface area contributed by atoms with Crippen LogP contribution in [0.5, 0.6) is 0 Å². The van der Waals surface area contributed by atoms with Crippen LogP contribution in [0.3, 0.4) is 0 Å². The van der Waals surface area contributed by atoms with E-state index < -0.39 is 0 Å². The van der Waals surface area contributed by atoms with Gasteiger partial charge in [-0.2, -0.15) is 0 Å². The number of nitrogens with one attached hydrogen (secondary N) is 1. The first-order valence-electron chi connectivity index (χ1n) is 5.94. The molecule has 3 heteroatoms. The Morgan fingerprint density at radius 3 is 2.24 bits per heavy atom. The van der Waals surface area contributed by atoms with Gasteiger partial charge in [0.05, 0.1) is 0 Å². The molecule has 0 aromatic heterocycles. The summed E-state index contributed by atoms with van der Waals surface area (Å²) in [5, 5.41) is 0. The fourth-order valence-corrected chi connectivity index (χ4v) is 1.77. The van der Waals surface area contributed by atoms with Gasteiger partial charge in [0.25, 0.3) is 0 Å². The van der Waals surface area contributed by atoms with Gasteiger partial charge >= 0.3 is 0 Å². The van der Waals surface area contributed by atoms with E-state index in [1.165, 1.54) is 11.1 Å². The highest BCUT2D eigenvalue weighted by Crippen LogP contribution is 2.25. The third-order valence-electron chi connectivity index (χ3n) is 3.00. The molecule has 0 spiro atoms. The van der Waals surface area contributed by atoms with Gasteiger partial charge in [-0.25, -0.2) is 5.84 Å². The van der Waals surface area contributed by atoms with Crippen LogP contribution >= 0.6 is 0 Å². The second kappa shape index (κ2) is 5.32. The fourth-order valence-electron chi connectivity index (χ4n) is 1.77. The van der Waals surface area contributed by atoms with Gasteiger partial charge in [0.2, 0.25) is 5.91 Å². The van der Waals surface area contributed by atoms with Crippen molar-refractivity contribution >= 4 is 5.91 Å². The second-order valence-electron chi connectivity index (χ2n) is 5.54. The first kappa shape index (κ1) is 13.7. The molecule has 3 N–H and O–H groups in total. The molecule has 0 saturated heterocycles. The number of benzene rings is 1. The number of hydrogen-bond acceptors (Lipinski definition) is 2. The number of amides is 1. The minimum Gasteiger partial charge on any atom is -0.294 e. The summed E-state index contributed by atoms with van der Waals surface area (Å²) < 4.78 is 0. The van der Waals surface area contributed by atoms with Crippen molar-refractivity contribution in [2.45, 2.75) is 45.4 Å². The van der Waals surface area contributed by atoms with E-state index in [9.17, 15) is 4.79 Å². The van der Waals surface area contributed by atoms with E-state index >= 15 is 0 Å². The molecule has 0 aliphatic heterocycles. The molecule has 1 rings (SSSR count). The summed E-state index contributed by atoms with van der Waals surface area (Å²) in [5.41, 5.74) is 4.80. The molecule has 0 fully saturated rings. The van der Waals surface area contributed by atoms with E-state index in [-0.39, 0.29) is 17.2 Å². The predicted molar refractivity (Wildman–Crippen MR) is 70.5 cm³/mol. The molecule has 94 valence electrons. The van der Waals surface area contributed by atoms with E-state index in [2.05, 4.69) is 50.5 Å². The minimum atomic E-state index is -0.127. The van der Waals surface area contributed by atoms with Crippen molar-refractivity contribution in [1.29, 1.82) is 0 Å². The standard InChI is InChI=1S/C14H22N2O/c1-10(9-13(17)16-15)11-5-7-12(8-6-11)14(2,3)4/h5-8,10H,9,15H2,1-4H3,(H,16,17). The quantitative estimate of drug-likeness (QED) is 0.479. The van der Waals surface area contributed by atoms with Gasteiger partial charge in [0.1, 0.15) is 0 Å². The van der Waals surface area contributed by atoms with Crippen LogP contribution in [0.4, 0.5) is 0 Å². The summed E-state index contributed by atoms with van der Waals surface area (Å²) in [5.74, 6) is 5.14. The average Bonchev–Trinajstić information content (AvgIpc) is 2.27. The third-order valence-corrected chi connectivity index (χ3v) is 3.00. The molecule has 3 nitrogen and oxygen atoms in total. The maximum atomic E-state index is 11.2. The molecule has 0 saturated carbocycles. The summed E-state index contributed by atoms with van der Waals surface area (Å²) in [7, 11) is 0. The van der Waals surface area contributed by atoms with E-state index in [1.54, 1.807) is 0 Å². The lowest BCUT2D eigenvalue weighted by Gasteiger charge is -2.20. The zero-order valence-electron chi connectivity index (χ0n) is 11.1. The lowest BCUT2D eigenvalue weighted by molar-refractivity contribution is -0.121. The van der Waals surface area contributed by atoms with E-state index in [0.29, 0.717) is 6.42 Å². The summed E-state index contributed by atoms with van der Waals surface area (Å²) >= 11 is 0. The molecule has 1 aromatic rings. The summed E-state index contributed by atoms with van der Waals surface area (Å²) in [6.07, 6.45) is 0.422. The summed E-state index contributed by atoms with van der Waals surface area (Å²) in [6, 6.07) is 8.45. The SMILES string of the molecule is CC(CC(=O)NN)c1ccc(C(C)(C)C)cc1. The highest BCUT2D eigenvalue weighted by atomic mass is 16.2. The Morgan fingerprint density at radius 2 is 1.82 bits per heavy atom. The Bertz CT molecular complexity index is 376. The van der Waals surface area contributed by atoms with Gasteiger partial charge in [-0.3, -0.25) is 10.2 Å². The molecule has 17 heavy (non-hydrogen) atoms. The number of nitrogens with two attached hydrogens (primary N) is 1. The van der Waals surface area contributed by atoms with Crippen LogP contribution in [0, 0.1) is 0 Å². The summed E-state index contributed by atoms with van der Waals surface area (Å²) in [6.45, 7) is 8.59. The van der Waals surface area contributed by atoms with Crippen molar-refractivity contribution in [1.82, 2.24) is 5.43 Å². The van der Waals surface area contributed by atoms with Crippen molar-refractivity contribution < 1.29 is 4.79 Å². The Kier molecular flexibility index (Phi) is 4.29. The number of carbonyl (C=O) groups excluding carboxylic acids is 1. The first-order valence-corrected chi connectivity index (χ1v) is 5.94. The van der Waals surface area contributed by atoms with Crippen LogP contribution in [0.2, 0.25) is 0 Å². The van der Waals surface area contributed by atoms with Crippen molar-refractivity contribution in [3.8, 4) is 0 Å². The third kappa shape index (κ3) is 3.86. The Hall–Kier alpha value is -1.35. The van der Waals surface area contributed by atoms with E-state index in [1.807, 2.05) is 6.92 Å². The molecular formula is C14H22N2O. The largest absolute Gasteiger partial charge is 0.294 e. The molecule has 0 aliphatic carbocycles. The monoisotopic (exact) mass is 234 g/mol. The normalized spacial score (nSPS) is 13.2. The second-order valence-corrected chi connectivity index (χ2v) is 5.54. The topological polar surface area (TPSA) is 55.1 Å². The highest BCUT2D eigenvalue weighted by Gasteiger charge is 2.15. The van der Waals surface area contributed by atoms with Crippen molar-refractivity contribution in [3.63, 3.8) is 0 Å². The molecule has 0 bridgehead atoms. The van der Waals surface area contributed by atoms with Crippen LogP contribution < -0.4 is 11.3 Å². The van der Waals surface area contributed by atoms with Crippen LogP contribution in [0.25, 0.3) is 0 Å². The maximum Gasteiger partial charge on any atom is 0.234 e. The molecule has 1 unspecified atom stereocenters. The van der Waals surface area contributed by atoms with Gasteiger partial charge in [-0.15, -0.1) is 0 Å². The van der Waals surface area contributed by atoms with E-state index in [4.69, 9.17) is 5.84 Å². The Labute approximate surface area is 103 Å². The smallest absolute Gasteiger partial charge is 0.234 e. The molecule has 0 radical (unpaired) electrons. The average molecular weight is 234 g/mol. The molecule has 0 heterocycles. The van der Waals surface area contributed by atoms with Crippen LogP contribution in [0.1, 0.15) is 51.2 Å². The van der Waals surface area contributed by atoms with Gasteiger partial charge in [-0.05, 0) is 22.5 Å². The fraction of sp³-hybridized carbons (Fsp3) is 0.500. The van der Waals surface area contributed by atoms with Gasteiger partial charge in [-0.1, -0.05) is 52.0 Å². The van der Waals surface area contributed by atoms with Gasteiger partial charge in [0, 0.05) is 6.42 Å².